The van der Waals surface area contributed by atoms with Crippen LogP contribution in [0.2, 0.25) is 0 Å². The van der Waals surface area contributed by atoms with E-state index in [4.69, 9.17) is 5.73 Å². The molecule has 5 heteroatoms. The zero-order valence-electron chi connectivity index (χ0n) is 11.0. The quantitative estimate of drug-likeness (QED) is 0.831. The molecule has 1 fully saturated rings. The van der Waals surface area contributed by atoms with Crippen molar-refractivity contribution in [2.45, 2.75) is 56.2 Å². The Bertz CT molecular complexity index is 253. The molecule has 1 amide bonds. The van der Waals surface area contributed by atoms with Crippen LogP contribution in [0.1, 0.15) is 46.0 Å². The minimum absolute atomic E-state index is 0. The molecule has 0 heterocycles. The summed E-state index contributed by atoms with van der Waals surface area (Å²) in [7, 11) is 0. The van der Waals surface area contributed by atoms with Crippen LogP contribution in [0, 0.1) is 0 Å². The van der Waals surface area contributed by atoms with Crippen molar-refractivity contribution in [3.63, 3.8) is 0 Å². The topological polar surface area (TPSA) is 55.1 Å². The van der Waals surface area contributed by atoms with Gasteiger partial charge in [0.2, 0.25) is 5.91 Å². The van der Waals surface area contributed by atoms with Gasteiger partial charge in [-0.15, -0.1) is 12.4 Å². The summed E-state index contributed by atoms with van der Waals surface area (Å²) in [4.78, 5) is 12.0. The van der Waals surface area contributed by atoms with Gasteiger partial charge in [0.25, 0.3) is 0 Å². The molecule has 0 aromatic rings. The third-order valence-corrected chi connectivity index (χ3v) is 4.67. The second-order valence-electron chi connectivity index (χ2n) is 5.36. The van der Waals surface area contributed by atoms with Crippen LogP contribution in [0.3, 0.4) is 0 Å². The molecule has 0 saturated heterocycles. The molecule has 1 aliphatic rings. The first-order valence-electron chi connectivity index (χ1n) is 6.02. The zero-order chi connectivity index (χ0) is 12.2. The van der Waals surface area contributed by atoms with Gasteiger partial charge in [-0.25, -0.2) is 0 Å². The van der Waals surface area contributed by atoms with Gasteiger partial charge < -0.3 is 11.1 Å². The van der Waals surface area contributed by atoms with Crippen molar-refractivity contribution in [1.29, 1.82) is 0 Å². The molecular formula is C12H25ClN2OS. The number of hydrogen-bond donors (Lipinski definition) is 2. The Labute approximate surface area is 115 Å². The molecule has 102 valence electrons. The Morgan fingerprint density at radius 3 is 2.35 bits per heavy atom. The summed E-state index contributed by atoms with van der Waals surface area (Å²) in [5, 5.41) is 3.00. The SMILES string of the molecule is CSC(C)(C)CNC(=O)C1(N)CCCCC1.Cl. The highest BCUT2D eigenvalue weighted by Gasteiger charge is 2.35. The van der Waals surface area contributed by atoms with Crippen molar-refractivity contribution < 1.29 is 4.79 Å². The average molecular weight is 281 g/mol. The number of hydrogen-bond acceptors (Lipinski definition) is 3. The molecule has 1 saturated carbocycles. The molecule has 0 atom stereocenters. The number of nitrogens with two attached hydrogens (primary N) is 1. The first kappa shape index (κ1) is 17.1. The van der Waals surface area contributed by atoms with Gasteiger partial charge in [0.1, 0.15) is 0 Å². The lowest BCUT2D eigenvalue weighted by atomic mass is 9.82. The molecule has 0 aromatic heterocycles. The summed E-state index contributed by atoms with van der Waals surface area (Å²) in [6, 6.07) is 0. The van der Waals surface area contributed by atoms with E-state index < -0.39 is 5.54 Å². The minimum atomic E-state index is -0.604. The summed E-state index contributed by atoms with van der Waals surface area (Å²) in [6.07, 6.45) is 7.09. The normalized spacial score (nSPS) is 19.3. The third-order valence-electron chi connectivity index (χ3n) is 3.43. The third kappa shape index (κ3) is 5.06. The van der Waals surface area contributed by atoms with Gasteiger partial charge in [-0.3, -0.25) is 4.79 Å². The second-order valence-corrected chi connectivity index (χ2v) is 6.88. The van der Waals surface area contributed by atoms with E-state index in [0.717, 1.165) is 25.7 Å². The average Bonchev–Trinajstić information content (AvgIpc) is 2.27. The van der Waals surface area contributed by atoms with Crippen LogP contribution in [-0.4, -0.2) is 29.0 Å². The molecular weight excluding hydrogens is 256 g/mol. The highest BCUT2D eigenvalue weighted by Crippen LogP contribution is 2.26. The van der Waals surface area contributed by atoms with E-state index in [0.29, 0.717) is 6.54 Å². The van der Waals surface area contributed by atoms with Crippen molar-refractivity contribution in [3.8, 4) is 0 Å². The van der Waals surface area contributed by atoms with Gasteiger partial charge >= 0.3 is 0 Å². The predicted octanol–water partition coefficient (Wildman–Crippen LogP) is 2.33. The summed E-state index contributed by atoms with van der Waals surface area (Å²) < 4.78 is 0.0840. The van der Waals surface area contributed by atoms with Gasteiger partial charge in [0.15, 0.2) is 0 Å². The second kappa shape index (κ2) is 6.86. The van der Waals surface area contributed by atoms with Crippen LogP contribution in [0.4, 0.5) is 0 Å². The highest BCUT2D eigenvalue weighted by atomic mass is 35.5. The van der Waals surface area contributed by atoms with Crippen LogP contribution in [0.25, 0.3) is 0 Å². The predicted molar refractivity (Wildman–Crippen MR) is 77.9 cm³/mol. The standard InChI is InChI=1S/C12H24N2OS.ClH/c1-11(2,16-3)9-14-10(15)12(13)7-5-4-6-8-12;/h4-9,13H2,1-3H3,(H,14,15);1H. The van der Waals surface area contributed by atoms with Crippen LogP contribution < -0.4 is 11.1 Å². The molecule has 0 aromatic carbocycles. The van der Waals surface area contributed by atoms with E-state index in [1.54, 1.807) is 11.8 Å². The summed E-state index contributed by atoms with van der Waals surface area (Å²) in [5.74, 6) is 0.0364. The van der Waals surface area contributed by atoms with E-state index in [9.17, 15) is 4.79 Å². The van der Waals surface area contributed by atoms with E-state index in [-0.39, 0.29) is 23.1 Å². The molecule has 17 heavy (non-hydrogen) atoms. The van der Waals surface area contributed by atoms with E-state index in [1.807, 2.05) is 0 Å². The lowest BCUT2D eigenvalue weighted by Crippen LogP contribution is -2.56. The number of carbonyl (C=O) groups is 1. The minimum Gasteiger partial charge on any atom is -0.353 e. The Kier molecular flexibility index (Phi) is 6.89. The zero-order valence-corrected chi connectivity index (χ0v) is 12.7. The maximum atomic E-state index is 12.0. The van der Waals surface area contributed by atoms with Crippen LogP contribution in [-0.2, 0) is 4.79 Å². The fraction of sp³-hybridized carbons (Fsp3) is 0.917. The van der Waals surface area contributed by atoms with Crippen molar-refractivity contribution in [2.24, 2.45) is 5.73 Å². The number of halogens is 1. The molecule has 0 aliphatic heterocycles. The van der Waals surface area contributed by atoms with Crippen LogP contribution in [0.15, 0.2) is 0 Å². The summed E-state index contributed by atoms with van der Waals surface area (Å²) in [5.41, 5.74) is 5.55. The highest BCUT2D eigenvalue weighted by molar-refractivity contribution is 7.99. The Hall–Kier alpha value is 0.0700. The van der Waals surface area contributed by atoms with Crippen molar-refractivity contribution in [3.05, 3.63) is 0 Å². The molecule has 3 N–H and O–H groups in total. The van der Waals surface area contributed by atoms with E-state index in [1.165, 1.54) is 6.42 Å². The van der Waals surface area contributed by atoms with Gasteiger partial charge in [-0.1, -0.05) is 19.3 Å². The Balaban J connectivity index is 0.00000256. The Morgan fingerprint density at radius 1 is 1.35 bits per heavy atom. The maximum Gasteiger partial charge on any atom is 0.240 e. The lowest BCUT2D eigenvalue weighted by molar-refractivity contribution is -0.127. The van der Waals surface area contributed by atoms with E-state index in [2.05, 4.69) is 25.4 Å². The van der Waals surface area contributed by atoms with Gasteiger partial charge in [-0.05, 0) is 32.9 Å². The lowest BCUT2D eigenvalue weighted by Gasteiger charge is -2.33. The number of carbonyl (C=O) groups excluding carboxylic acids is 1. The number of thioether (sulfide) groups is 1. The van der Waals surface area contributed by atoms with Crippen molar-refractivity contribution in [2.75, 3.05) is 12.8 Å². The van der Waals surface area contributed by atoms with Crippen LogP contribution in [0.5, 0.6) is 0 Å². The molecule has 1 aliphatic carbocycles. The smallest absolute Gasteiger partial charge is 0.240 e. The molecule has 3 nitrogen and oxygen atoms in total. The fourth-order valence-electron chi connectivity index (χ4n) is 1.95. The molecule has 0 unspecified atom stereocenters. The Morgan fingerprint density at radius 2 is 1.88 bits per heavy atom. The maximum absolute atomic E-state index is 12.0. The first-order chi connectivity index (χ1) is 7.40. The van der Waals surface area contributed by atoms with Gasteiger partial charge in [0.05, 0.1) is 5.54 Å². The number of nitrogens with one attached hydrogen (secondary N) is 1. The number of rotatable bonds is 4. The molecule has 0 radical (unpaired) electrons. The molecule has 0 bridgehead atoms. The van der Waals surface area contributed by atoms with Crippen molar-refractivity contribution >= 4 is 30.1 Å². The summed E-state index contributed by atoms with van der Waals surface area (Å²) >= 11 is 1.76. The molecule has 1 rings (SSSR count). The first-order valence-corrected chi connectivity index (χ1v) is 7.24. The summed E-state index contributed by atoms with van der Waals surface area (Å²) in [6.45, 7) is 4.94. The monoisotopic (exact) mass is 280 g/mol. The van der Waals surface area contributed by atoms with Gasteiger partial charge in [0, 0.05) is 11.3 Å². The fourth-order valence-corrected chi connectivity index (χ4v) is 2.17. The number of amides is 1. The van der Waals surface area contributed by atoms with Crippen molar-refractivity contribution in [1.82, 2.24) is 5.32 Å². The van der Waals surface area contributed by atoms with Crippen LogP contribution >= 0.6 is 24.2 Å². The van der Waals surface area contributed by atoms with Gasteiger partial charge in [-0.2, -0.15) is 11.8 Å². The largest absolute Gasteiger partial charge is 0.353 e. The van der Waals surface area contributed by atoms with E-state index >= 15 is 0 Å². The molecule has 0 spiro atoms.